The van der Waals surface area contributed by atoms with Gasteiger partial charge in [0.25, 0.3) is 0 Å². The standard InChI is InChI=1S/C20H19F3N4O3/c1-29-17-10-13(30-20(21,22)23)4-5-14(17)15-6-7-16-19(25-15)27(12-24-16)11-18(28)26-8-2-3-9-26/h4-7,10,12H,2-3,8-9,11H2,1H3. The second-order valence-corrected chi connectivity index (χ2v) is 6.91. The molecule has 0 bridgehead atoms. The van der Waals surface area contributed by atoms with E-state index in [0.717, 1.165) is 32.0 Å². The number of aromatic nitrogens is 3. The Labute approximate surface area is 170 Å². The van der Waals surface area contributed by atoms with Gasteiger partial charge in [0.2, 0.25) is 5.91 Å². The maximum Gasteiger partial charge on any atom is 0.573 e. The summed E-state index contributed by atoms with van der Waals surface area (Å²) in [5.74, 6) is -0.196. The molecule has 0 N–H and O–H groups in total. The summed E-state index contributed by atoms with van der Waals surface area (Å²) in [6, 6.07) is 7.25. The average molecular weight is 420 g/mol. The normalized spacial score (nSPS) is 14.3. The van der Waals surface area contributed by atoms with Gasteiger partial charge in [0.1, 0.15) is 23.6 Å². The number of alkyl halides is 3. The van der Waals surface area contributed by atoms with Crippen molar-refractivity contribution in [3.63, 3.8) is 0 Å². The minimum Gasteiger partial charge on any atom is -0.496 e. The molecule has 2 aromatic heterocycles. The van der Waals surface area contributed by atoms with Crippen LogP contribution in [0.15, 0.2) is 36.7 Å². The fraction of sp³-hybridized carbons (Fsp3) is 0.350. The van der Waals surface area contributed by atoms with Gasteiger partial charge in [-0.25, -0.2) is 9.97 Å². The van der Waals surface area contributed by atoms with Gasteiger partial charge in [0.05, 0.1) is 19.1 Å². The molecule has 3 heterocycles. The minimum atomic E-state index is -4.79. The maximum atomic E-state index is 12.5. The third-order valence-corrected chi connectivity index (χ3v) is 4.91. The van der Waals surface area contributed by atoms with Gasteiger partial charge in [-0.1, -0.05) is 0 Å². The number of fused-ring (bicyclic) bond motifs is 1. The molecule has 3 aromatic rings. The number of halogens is 3. The van der Waals surface area contributed by atoms with E-state index in [1.807, 2.05) is 4.90 Å². The molecule has 1 fully saturated rings. The zero-order valence-electron chi connectivity index (χ0n) is 16.1. The number of hydrogen-bond donors (Lipinski definition) is 0. The number of rotatable bonds is 5. The lowest BCUT2D eigenvalue weighted by atomic mass is 10.1. The van der Waals surface area contributed by atoms with Crippen molar-refractivity contribution < 1.29 is 27.4 Å². The summed E-state index contributed by atoms with van der Waals surface area (Å²) in [6.45, 7) is 1.64. The van der Waals surface area contributed by atoms with Gasteiger partial charge in [-0.3, -0.25) is 4.79 Å². The Morgan fingerprint density at radius 1 is 1.17 bits per heavy atom. The molecule has 0 unspecified atom stereocenters. The van der Waals surface area contributed by atoms with Crippen LogP contribution in [0, 0.1) is 0 Å². The van der Waals surface area contributed by atoms with Crippen LogP contribution in [0.5, 0.6) is 11.5 Å². The zero-order chi connectivity index (χ0) is 21.3. The number of ether oxygens (including phenoxy) is 2. The molecule has 4 rings (SSSR count). The molecule has 1 aliphatic heterocycles. The van der Waals surface area contributed by atoms with Crippen molar-refractivity contribution >= 4 is 17.1 Å². The Morgan fingerprint density at radius 3 is 2.63 bits per heavy atom. The maximum absolute atomic E-state index is 12.5. The Balaban J connectivity index is 1.65. The molecule has 1 aliphatic rings. The summed E-state index contributed by atoms with van der Waals surface area (Å²) in [7, 11) is 1.35. The molecule has 0 radical (unpaired) electrons. The molecule has 0 spiro atoms. The Bertz CT molecular complexity index is 1070. The van der Waals surface area contributed by atoms with Crippen molar-refractivity contribution in [2.75, 3.05) is 20.2 Å². The highest BCUT2D eigenvalue weighted by Crippen LogP contribution is 2.34. The van der Waals surface area contributed by atoms with Crippen molar-refractivity contribution in [3.05, 3.63) is 36.7 Å². The highest BCUT2D eigenvalue weighted by atomic mass is 19.4. The van der Waals surface area contributed by atoms with E-state index >= 15 is 0 Å². The van der Waals surface area contributed by atoms with Crippen LogP contribution in [0.3, 0.4) is 0 Å². The molecule has 0 aliphatic carbocycles. The summed E-state index contributed by atoms with van der Waals surface area (Å²) in [6.07, 6.45) is -1.22. The Hall–Kier alpha value is -3.30. The van der Waals surface area contributed by atoms with E-state index in [9.17, 15) is 18.0 Å². The number of imidazole rings is 1. The van der Waals surface area contributed by atoms with Crippen molar-refractivity contribution in [1.82, 2.24) is 19.4 Å². The number of pyridine rings is 1. The summed E-state index contributed by atoms with van der Waals surface area (Å²) < 4.78 is 48.3. The van der Waals surface area contributed by atoms with Crippen LogP contribution < -0.4 is 9.47 Å². The number of methoxy groups -OCH3 is 1. The van der Waals surface area contributed by atoms with Crippen LogP contribution in [0.2, 0.25) is 0 Å². The van der Waals surface area contributed by atoms with Crippen LogP contribution in [-0.2, 0) is 11.3 Å². The molecule has 0 atom stereocenters. The molecule has 158 valence electrons. The first-order chi connectivity index (χ1) is 14.3. The predicted octanol–water partition coefficient (Wildman–Crippen LogP) is 3.63. The monoisotopic (exact) mass is 420 g/mol. The van der Waals surface area contributed by atoms with Gasteiger partial charge >= 0.3 is 6.36 Å². The SMILES string of the molecule is COc1cc(OC(F)(F)F)ccc1-c1ccc2ncn(CC(=O)N3CCCC3)c2n1. The smallest absolute Gasteiger partial charge is 0.496 e. The molecule has 7 nitrogen and oxygen atoms in total. The third-order valence-electron chi connectivity index (χ3n) is 4.91. The van der Waals surface area contributed by atoms with E-state index in [1.54, 1.807) is 23.0 Å². The Morgan fingerprint density at radius 2 is 1.93 bits per heavy atom. The quantitative estimate of drug-likeness (QED) is 0.631. The van der Waals surface area contributed by atoms with Crippen molar-refractivity contribution in [3.8, 4) is 22.8 Å². The molecular formula is C20H19F3N4O3. The van der Waals surface area contributed by atoms with E-state index in [0.29, 0.717) is 22.4 Å². The lowest BCUT2D eigenvalue weighted by Gasteiger charge is -2.15. The number of nitrogens with zero attached hydrogens (tertiary/aromatic N) is 4. The van der Waals surface area contributed by atoms with Gasteiger partial charge < -0.3 is 18.9 Å². The van der Waals surface area contributed by atoms with Crippen molar-refractivity contribution in [1.29, 1.82) is 0 Å². The first-order valence-electron chi connectivity index (χ1n) is 9.38. The summed E-state index contributed by atoms with van der Waals surface area (Å²) in [5, 5.41) is 0. The van der Waals surface area contributed by atoms with Gasteiger partial charge in [-0.05, 0) is 37.1 Å². The number of likely N-dealkylation sites (tertiary alicyclic amines) is 1. The molecule has 1 amide bonds. The van der Waals surface area contributed by atoms with Crippen LogP contribution in [0.4, 0.5) is 13.2 Å². The first kappa shape index (κ1) is 20.0. The predicted molar refractivity (Wildman–Crippen MR) is 102 cm³/mol. The first-order valence-corrected chi connectivity index (χ1v) is 9.38. The molecular weight excluding hydrogens is 401 g/mol. The van der Waals surface area contributed by atoms with Crippen LogP contribution >= 0.6 is 0 Å². The van der Waals surface area contributed by atoms with E-state index < -0.39 is 6.36 Å². The number of amides is 1. The van der Waals surface area contributed by atoms with Crippen LogP contribution in [0.25, 0.3) is 22.4 Å². The molecule has 1 aromatic carbocycles. The minimum absolute atomic E-state index is 0.00485. The Kier molecular flexibility index (Phi) is 5.23. The molecule has 30 heavy (non-hydrogen) atoms. The largest absolute Gasteiger partial charge is 0.573 e. The number of carbonyl (C=O) groups is 1. The second kappa shape index (κ2) is 7.85. The number of carbonyl (C=O) groups excluding carboxylic acids is 1. The lowest BCUT2D eigenvalue weighted by molar-refractivity contribution is -0.274. The van der Waals surface area contributed by atoms with E-state index in [1.165, 1.54) is 19.2 Å². The van der Waals surface area contributed by atoms with Gasteiger partial charge in [-0.15, -0.1) is 13.2 Å². The van der Waals surface area contributed by atoms with E-state index in [-0.39, 0.29) is 24.0 Å². The summed E-state index contributed by atoms with van der Waals surface area (Å²) in [5.41, 5.74) is 2.10. The van der Waals surface area contributed by atoms with Gasteiger partial charge in [0.15, 0.2) is 5.65 Å². The highest BCUT2D eigenvalue weighted by Gasteiger charge is 2.31. The summed E-state index contributed by atoms with van der Waals surface area (Å²) in [4.78, 5) is 23.2. The molecule has 1 saturated heterocycles. The molecule has 10 heteroatoms. The number of hydrogen-bond acceptors (Lipinski definition) is 5. The zero-order valence-corrected chi connectivity index (χ0v) is 16.1. The van der Waals surface area contributed by atoms with Crippen LogP contribution in [-0.4, -0.2) is 51.9 Å². The highest BCUT2D eigenvalue weighted by molar-refractivity contribution is 5.81. The van der Waals surface area contributed by atoms with E-state index in [2.05, 4.69) is 14.7 Å². The number of benzene rings is 1. The second-order valence-electron chi connectivity index (χ2n) is 6.91. The van der Waals surface area contributed by atoms with E-state index in [4.69, 9.17) is 4.74 Å². The van der Waals surface area contributed by atoms with Crippen LogP contribution in [0.1, 0.15) is 12.8 Å². The fourth-order valence-corrected chi connectivity index (χ4v) is 3.50. The third kappa shape index (κ3) is 4.17. The van der Waals surface area contributed by atoms with Crippen molar-refractivity contribution in [2.45, 2.75) is 25.7 Å². The summed E-state index contributed by atoms with van der Waals surface area (Å²) >= 11 is 0. The van der Waals surface area contributed by atoms with Crippen molar-refractivity contribution in [2.24, 2.45) is 0 Å². The topological polar surface area (TPSA) is 69.5 Å². The van der Waals surface area contributed by atoms with Gasteiger partial charge in [0, 0.05) is 24.7 Å². The fourth-order valence-electron chi connectivity index (χ4n) is 3.50. The average Bonchev–Trinajstić information content (AvgIpc) is 3.37. The lowest BCUT2D eigenvalue weighted by Crippen LogP contribution is -2.30. The van der Waals surface area contributed by atoms with Gasteiger partial charge in [-0.2, -0.15) is 0 Å². The molecule has 0 saturated carbocycles.